The van der Waals surface area contributed by atoms with Crippen LogP contribution in [0.15, 0.2) is 11.6 Å². The molecule has 0 radical (unpaired) electrons. The van der Waals surface area contributed by atoms with Gasteiger partial charge in [0.25, 0.3) is 0 Å². The second-order valence-corrected chi connectivity index (χ2v) is 6.12. The van der Waals surface area contributed by atoms with Gasteiger partial charge in [-0.05, 0) is 19.3 Å². The lowest BCUT2D eigenvalue weighted by Gasteiger charge is -2.23. The largest absolute Gasteiger partial charge is 0.376 e. The maximum atomic E-state index is 11.9. The van der Waals surface area contributed by atoms with Gasteiger partial charge in [0, 0.05) is 30.6 Å². The molecule has 112 valence electrons. The molecule has 6 heteroatoms. The predicted octanol–water partition coefficient (Wildman–Crippen LogP) is 2.50. The summed E-state index contributed by atoms with van der Waals surface area (Å²) in [6.45, 7) is 5.55. The molecule has 0 aliphatic carbocycles. The van der Waals surface area contributed by atoms with Crippen LogP contribution < -0.4 is 10.6 Å². The second kappa shape index (κ2) is 7.59. The van der Waals surface area contributed by atoms with Crippen molar-refractivity contribution in [1.82, 2.24) is 15.6 Å². The van der Waals surface area contributed by atoms with Crippen molar-refractivity contribution < 1.29 is 9.53 Å². The van der Waals surface area contributed by atoms with Crippen molar-refractivity contribution in [3.63, 3.8) is 0 Å². The third-order valence-corrected chi connectivity index (χ3v) is 4.62. The molecule has 3 unspecified atom stereocenters. The Labute approximate surface area is 124 Å². The Kier molecular flexibility index (Phi) is 5.79. The zero-order chi connectivity index (χ0) is 14.4. The van der Waals surface area contributed by atoms with Gasteiger partial charge in [-0.3, -0.25) is 0 Å². The van der Waals surface area contributed by atoms with Gasteiger partial charge >= 0.3 is 6.03 Å². The van der Waals surface area contributed by atoms with E-state index >= 15 is 0 Å². The molecule has 1 fully saturated rings. The summed E-state index contributed by atoms with van der Waals surface area (Å²) >= 11 is 1.62. The average molecular weight is 297 g/mol. The molecule has 2 rings (SSSR count). The molecule has 1 aromatic heterocycles. The minimum Gasteiger partial charge on any atom is -0.376 e. The number of nitrogens with zero attached hydrogens (tertiary/aromatic N) is 1. The molecule has 0 aromatic carbocycles. The van der Waals surface area contributed by atoms with E-state index in [1.165, 1.54) is 0 Å². The fourth-order valence-corrected chi connectivity index (χ4v) is 3.11. The Morgan fingerprint density at radius 1 is 1.65 bits per heavy atom. The van der Waals surface area contributed by atoms with Crippen LogP contribution in [0, 0.1) is 0 Å². The minimum atomic E-state index is -0.115. The van der Waals surface area contributed by atoms with E-state index in [1.54, 1.807) is 17.5 Å². The van der Waals surface area contributed by atoms with Gasteiger partial charge in [0.05, 0.1) is 17.2 Å². The van der Waals surface area contributed by atoms with Crippen LogP contribution in [0.2, 0.25) is 0 Å². The summed E-state index contributed by atoms with van der Waals surface area (Å²) in [6, 6.07) is -0.0107. The van der Waals surface area contributed by atoms with Gasteiger partial charge < -0.3 is 15.4 Å². The van der Waals surface area contributed by atoms with E-state index in [9.17, 15) is 4.79 Å². The SMILES string of the molecule is CCC(NC(=O)NCC(C)c1nccs1)C1CCCO1. The van der Waals surface area contributed by atoms with Crippen LogP contribution in [0.4, 0.5) is 4.79 Å². The van der Waals surface area contributed by atoms with Crippen LogP contribution in [-0.2, 0) is 4.74 Å². The quantitative estimate of drug-likeness (QED) is 0.848. The Hall–Kier alpha value is -1.14. The highest BCUT2D eigenvalue weighted by Gasteiger charge is 2.25. The van der Waals surface area contributed by atoms with Gasteiger partial charge in [0.15, 0.2) is 0 Å². The standard InChI is InChI=1S/C14H23N3O2S/c1-3-11(12-5-4-7-19-12)17-14(18)16-9-10(2)13-15-6-8-20-13/h6,8,10-12H,3-5,7,9H2,1-2H3,(H2,16,17,18). The highest BCUT2D eigenvalue weighted by Crippen LogP contribution is 2.18. The van der Waals surface area contributed by atoms with Gasteiger partial charge in [-0.25, -0.2) is 9.78 Å². The maximum absolute atomic E-state index is 11.9. The number of thiazole rings is 1. The van der Waals surface area contributed by atoms with Crippen LogP contribution in [-0.4, -0.2) is 36.3 Å². The zero-order valence-corrected chi connectivity index (χ0v) is 12.9. The molecule has 2 amide bonds. The first-order chi connectivity index (χ1) is 9.70. The fraction of sp³-hybridized carbons (Fsp3) is 0.714. The molecular formula is C14H23N3O2S. The number of hydrogen-bond donors (Lipinski definition) is 2. The number of nitrogens with one attached hydrogen (secondary N) is 2. The monoisotopic (exact) mass is 297 g/mol. The first-order valence-electron chi connectivity index (χ1n) is 7.26. The lowest BCUT2D eigenvalue weighted by atomic mass is 10.1. The molecule has 3 atom stereocenters. The van der Waals surface area contributed by atoms with Crippen molar-refractivity contribution >= 4 is 17.4 Å². The van der Waals surface area contributed by atoms with E-state index in [2.05, 4.69) is 29.5 Å². The molecule has 0 saturated carbocycles. The number of carbonyl (C=O) groups is 1. The number of carbonyl (C=O) groups excluding carboxylic acids is 1. The maximum Gasteiger partial charge on any atom is 0.315 e. The number of aromatic nitrogens is 1. The number of ether oxygens (including phenoxy) is 1. The molecule has 0 spiro atoms. The molecule has 2 heterocycles. The summed E-state index contributed by atoms with van der Waals surface area (Å²) in [5.74, 6) is 0.239. The number of rotatable bonds is 6. The number of hydrogen-bond acceptors (Lipinski definition) is 4. The van der Waals surface area contributed by atoms with Crippen molar-refractivity contribution in [2.24, 2.45) is 0 Å². The Morgan fingerprint density at radius 2 is 2.50 bits per heavy atom. The van der Waals surface area contributed by atoms with E-state index in [0.29, 0.717) is 6.54 Å². The van der Waals surface area contributed by atoms with Crippen LogP contribution in [0.5, 0.6) is 0 Å². The average Bonchev–Trinajstić information content (AvgIpc) is 3.14. The van der Waals surface area contributed by atoms with Crippen molar-refractivity contribution in [3.8, 4) is 0 Å². The molecule has 1 aliphatic rings. The molecular weight excluding hydrogens is 274 g/mol. The smallest absolute Gasteiger partial charge is 0.315 e. The van der Waals surface area contributed by atoms with Crippen LogP contribution in [0.3, 0.4) is 0 Å². The molecule has 2 N–H and O–H groups in total. The number of urea groups is 1. The van der Waals surface area contributed by atoms with E-state index in [0.717, 1.165) is 30.9 Å². The van der Waals surface area contributed by atoms with Crippen molar-refractivity contribution in [3.05, 3.63) is 16.6 Å². The lowest BCUT2D eigenvalue weighted by molar-refractivity contribution is 0.0796. The highest BCUT2D eigenvalue weighted by molar-refractivity contribution is 7.09. The minimum absolute atomic E-state index is 0.104. The van der Waals surface area contributed by atoms with Crippen molar-refractivity contribution in [2.75, 3.05) is 13.2 Å². The van der Waals surface area contributed by atoms with Crippen LogP contribution in [0.25, 0.3) is 0 Å². The normalized spacial score (nSPS) is 21.4. The molecule has 0 bridgehead atoms. The van der Waals surface area contributed by atoms with Gasteiger partial charge in [0.1, 0.15) is 0 Å². The lowest BCUT2D eigenvalue weighted by Crippen LogP contribution is -2.47. The second-order valence-electron chi connectivity index (χ2n) is 5.19. The zero-order valence-electron chi connectivity index (χ0n) is 12.1. The first-order valence-corrected chi connectivity index (χ1v) is 8.14. The van der Waals surface area contributed by atoms with Crippen molar-refractivity contribution in [1.29, 1.82) is 0 Å². The van der Waals surface area contributed by atoms with E-state index in [4.69, 9.17) is 4.74 Å². The number of amides is 2. The Balaban J connectivity index is 1.73. The Morgan fingerprint density at radius 3 is 3.10 bits per heavy atom. The summed E-state index contributed by atoms with van der Waals surface area (Å²) in [5, 5.41) is 8.94. The fourth-order valence-electron chi connectivity index (χ4n) is 2.41. The third-order valence-electron chi connectivity index (χ3n) is 3.61. The highest BCUT2D eigenvalue weighted by atomic mass is 32.1. The summed E-state index contributed by atoms with van der Waals surface area (Å²) in [6.07, 6.45) is 4.98. The predicted molar refractivity (Wildman–Crippen MR) is 80.1 cm³/mol. The van der Waals surface area contributed by atoms with Crippen molar-refractivity contribution in [2.45, 2.75) is 51.2 Å². The summed E-state index contributed by atoms with van der Waals surface area (Å²) in [7, 11) is 0. The molecule has 1 aromatic rings. The van der Waals surface area contributed by atoms with E-state index in [-0.39, 0.29) is 24.1 Å². The Bertz CT molecular complexity index is 405. The molecule has 1 aliphatic heterocycles. The third kappa shape index (κ3) is 4.18. The molecule has 1 saturated heterocycles. The topological polar surface area (TPSA) is 63.2 Å². The summed E-state index contributed by atoms with van der Waals surface area (Å²) in [5.41, 5.74) is 0. The van der Waals surface area contributed by atoms with Gasteiger partial charge in [-0.15, -0.1) is 11.3 Å². The molecule has 5 nitrogen and oxygen atoms in total. The van der Waals surface area contributed by atoms with Gasteiger partial charge in [-0.2, -0.15) is 0 Å². The summed E-state index contributed by atoms with van der Waals surface area (Å²) in [4.78, 5) is 16.2. The van der Waals surface area contributed by atoms with E-state index < -0.39 is 0 Å². The van der Waals surface area contributed by atoms with Gasteiger partial charge in [-0.1, -0.05) is 13.8 Å². The van der Waals surface area contributed by atoms with Crippen LogP contribution in [0.1, 0.15) is 44.0 Å². The van der Waals surface area contributed by atoms with E-state index in [1.807, 2.05) is 5.38 Å². The van der Waals surface area contributed by atoms with Crippen LogP contribution >= 0.6 is 11.3 Å². The van der Waals surface area contributed by atoms with Gasteiger partial charge in [0.2, 0.25) is 0 Å². The summed E-state index contributed by atoms with van der Waals surface area (Å²) < 4.78 is 5.64. The first kappa shape index (κ1) is 15.3. The molecule has 20 heavy (non-hydrogen) atoms.